The molecule has 9 heteroatoms. The van der Waals surface area contributed by atoms with Gasteiger partial charge in [0.25, 0.3) is 11.8 Å². The van der Waals surface area contributed by atoms with Gasteiger partial charge in [-0.1, -0.05) is 43.0 Å². The molecule has 29 heavy (non-hydrogen) atoms. The molecule has 1 saturated carbocycles. The zero-order chi connectivity index (χ0) is 21.2. The number of rotatable bonds is 5. The highest BCUT2D eigenvalue weighted by molar-refractivity contribution is 6.33. The number of amides is 4. The van der Waals surface area contributed by atoms with E-state index in [9.17, 15) is 19.2 Å². The first-order chi connectivity index (χ1) is 13.8. The molecule has 0 aromatic heterocycles. The lowest BCUT2D eigenvalue weighted by Gasteiger charge is -2.35. The number of halogens is 1. The van der Waals surface area contributed by atoms with E-state index in [1.807, 2.05) is 0 Å². The first-order valence-electron chi connectivity index (χ1n) is 9.61. The van der Waals surface area contributed by atoms with Crippen LogP contribution in [-0.4, -0.2) is 58.8 Å². The Balaban J connectivity index is 1.60. The molecule has 2 fully saturated rings. The van der Waals surface area contributed by atoms with Crippen molar-refractivity contribution in [1.82, 2.24) is 9.80 Å². The number of anilines is 1. The number of ether oxygens (including phenoxy) is 1. The predicted molar refractivity (Wildman–Crippen MR) is 106 cm³/mol. The van der Waals surface area contributed by atoms with Crippen molar-refractivity contribution in [3.8, 4) is 0 Å². The van der Waals surface area contributed by atoms with Crippen LogP contribution in [0.4, 0.5) is 10.5 Å². The number of hydrogen-bond donors (Lipinski definition) is 1. The number of carbonyl (C=O) groups excluding carboxylic acids is 4. The van der Waals surface area contributed by atoms with Gasteiger partial charge in [-0.25, -0.2) is 4.79 Å². The molecule has 1 spiro atoms. The Hall–Kier alpha value is -2.61. The molecular formula is C20H24ClN3O5. The molecule has 1 heterocycles. The van der Waals surface area contributed by atoms with E-state index in [4.69, 9.17) is 16.3 Å². The number of imide groups is 1. The Bertz CT molecular complexity index is 837. The fourth-order valence-electron chi connectivity index (χ4n) is 3.89. The minimum Gasteiger partial charge on any atom is -0.451 e. The van der Waals surface area contributed by atoms with Gasteiger partial charge in [0.1, 0.15) is 12.1 Å². The van der Waals surface area contributed by atoms with Crippen LogP contribution in [0.2, 0.25) is 5.02 Å². The van der Waals surface area contributed by atoms with Crippen molar-refractivity contribution in [2.45, 2.75) is 50.7 Å². The third-order valence-corrected chi connectivity index (χ3v) is 5.91. The summed E-state index contributed by atoms with van der Waals surface area (Å²) in [4.78, 5) is 52.4. The van der Waals surface area contributed by atoms with Gasteiger partial charge in [-0.05, 0) is 31.9 Å². The van der Waals surface area contributed by atoms with E-state index < -0.39 is 36.1 Å². The molecule has 1 saturated heterocycles. The second-order valence-electron chi connectivity index (χ2n) is 7.43. The Kier molecular flexibility index (Phi) is 6.12. The van der Waals surface area contributed by atoms with Gasteiger partial charge >= 0.3 is 12.0 Å². The van der Waals surface area contributed by atoms with E-state index in [0.717, 1.165) is 24.2 Å². The second kappa shape index (κ2) is 8.41. The smallest absolute Gasteiger partial charge is 0.327 e. The highest BCUT2D eigenvalue weighted by Crippen LogP contribution is 2.39. The summed E-state index contributed by atoms with van der Waals surface area (Å²) in [6.07, 6.45) is 2.82. The number of likely N-dealkylation sites (N-methyl/N-ethyl adjacent to an activating group) is 1. The van der Waals surface area contributed by atoms with Crippen molar-refractivity contribution >= 4 is 41.1 Å². The molecule has 0 bridgehead atoms. The van der Waals surface area contributed by atoms with Gasteiger partial charge < -0.3 is 15.0 Å². The number of esters is 1. The maximum Gasteiger partial charge on any atom is 0.327 e. The van der Waals surface area contributed by atoms with E-state index in [2.05, 4.69) is 5.32 Å². The summed E-state index contributed by atoms with van der Waals surface area (Å²) in [6.45, 7) is 0.889. The van der Waals surface area contributed by atoms with Crippen LogP contribution in [0.15, 0.2) is 24.3 Å². The average Bonchev–Trinajstić information content (AvgIpc) is 2.86. The number of para-hydroxylation sites is 1. The van der Waals surface area contributed by atoms with E-state index in [-0.39, 0.29) is 5.91 Å². The van der Waals surface area contributed by atoms with E-state index in [1.54, 1.807) is 31.3 Å². The zero-order valence-corrected chi connectivity index (χ0v) is 17.2. The molecule has 1 N–H and O–H groups in total. The summed E-state index contributed by atoms with van der Waals surface area (Å²) < 4.78 is 5.14. The molecule has 1 aromatic carbocycles. The number of benzene rings is 1. The van der Waals surface area contributed by atoms with Gasteiger partial charge in [0.2, 0.25) is 0 Å². The third-order valence-electron chi connectivity index (χ3n) is 5.58. The van der Waals surface area contributed by atoms with Crippen LogP contribution < -0.4 is 5.32 Å². The Morgan fingerprint density at radius 2 is 1.86 bits per heavy atom. The summed E-state index contributed by atoms with van der Waals surface area (Å²) in [5.74, 6) is -1.75. The second-order valence-corrected chi connectivity index (χ2v) is 7.83. The molecule has 1 aromatic rings. The highest BCUT2D eigenvalue weighted by atomic mass is 35.5. The minimum atomic E-state index is -1.12. The first kappa shape index (κ1) is 21.1. The SMILES string of the molecule is C[C@H](OC(=O)CN1C(=O)N(C)C2(CCCCC2)C1=O)C(=O)Nc1ccccc1Cl. The summed E-state index contributed by atoms with van der Waals surface area (Å²) >= 11 is 6.00. The van der Waals surface area contributed by atoms with Crippen LogP contribution in [0.25, 0.3) is 0 Å². The molecule has 1 aliphatic heterocycles. The van der Waals surface area contributed by atoms with Gasteiger partial charge in [0.05, 0.1) is 10.7 Å². The number of hydrogen-bond acceptors (Lipinski definition) is 5. The lowest BCUT2D eigenvalue weighted by molar-refractivity contribution is -0.155. The van der Waals surface area contributed by atoms with Crippen molar-refractivity contribution in [2.75, 3.05) is 18.9 Å². The van der Waals surface area contributed by atoms with Crippen LogP contribution in [0, 0.1) is 0 Å². The predicted octanol–water partition coefficient (Wildman–Crippen LogP) is 2.81. The lowest BCUT2D eigenvalue weighted by Crippen LogP contribution is -2.49. The van der Waals surface area contributed by atoms with Crippen molar-refractivity contribution in [1.29, 1.82) is 0 Å². The molecule has 0 unspecified atom stereocenters. The van der Waals surface area contributed by atoms with Crippen molar-refractivity contribution in [2.24, 2.45) is 0 Å². The van der Waals surface area contributed by atoms with Gasteiger partial charge in [0.15, 0.2) is 6.10 Å². The number of carbonyl (C=O) groups is 4. The molecule has 4 amide bonds. The van der Waals surface area contributed by atoms with E-state index >= 15 is 0 Å². The summed E-state index contributed by atoms with van der Waals surface area (Å²) in [5, 5.41) is 2.93. The Morgan fingerprint density at radius 3 is 2.52 bits per heavy atom. The number of nitrogens with zero attached hydrogens (tertiary/aromatic N) is 2. The molecule has 2 aliphatic rings. The van der Waals surface area contributed by atoms with Gasteiger partial charge in [-0.15, -0.1) is 0 Å². The normalized spacial score (nSPS) is 19.4. The van der Waals surface area contributed by atoms with Gasteiger partial charge in [-0.2, -0.15) is 0 Å². The molecule has 0 radical (unpaired) electrons. The summed E-state index contributed by atoms with van der Waals surface area (Å²) in [5.41, 5.74) is -0.462. The minimum absolute atomic E-state index is 0.355. The highest BCUT2D eigenvalue weighted by Gasteiger charge is 2.56. The molecule has 8 nitrogen and oxygen atoms in total. The Morgan fingerprint density at radius 1 is 1.21 bits per heavy atom. The van der Waals surface area contributed by atoms with Gasteiger partial charge in [0, 0.05) is 7.05 Å². The summed E-state index contributed by atoms with van der Waals surface area (Å²) in [7, 11) is 1.59. The first-order valence-corrected chi connectivity index (χ1v) is 9.99. The molecule has 1 atom stereocenters. The van der Waals surface area contributed by atoms with E-state index in [0.29, 0.717) is 23.6 Å². The van der Waals surface area contributed by atoms with Crippen LogP contribution in [0.3, 0.4) is 0 Å². The maximum atomic E-state index is 12.9. The standard InChI is InChI=1S/C20H24ClN3O5/c1-13(17(26)22-15-9-5-4-8-14(15)21)29-16(25)12-24-18(27)20(23(2)19(24)28)10-6-3-7-11-20/h4-5,8-9,13H,3,6-7,10-12H2,1-2H3,(H,22,26)/t13-/m0/s1. The average molecular weight is 422 g/mol. The van der Waals surface area contributed by atoms with Crippen LogP contribution in [0.1, 0.15) is 39.0 Å². The molecule has 156 valence electrons. The molecule has 1 aliphatic carbocycles. The van der Waals surface area contributed by atoms with E-state index in [1.165, 1.54) is 11.8 Å². The van der Waals surface area contributed by atoms with Crippen molar-refractivity contribution in [3.05, 3.63) is 29.3 Å². The lowest BCUT2D eigenvalue weighted by atomic mass is 9.81. The van der Waals surface area contributed by atoms with Crippen LogP contribution in [0.5, 0.6) is 0 Å². The molecular weight excluding hydrogens is 398 g/mol. The van der Waals surface area contributed by atoms with Crippen molar-refractivity contribution in [3.63, 3.8) is 0 Å². The fourth-order valence-corrected chi connectivity index (χ4v) is 4.07. The topological polar surface area (TPSA) is 96.0 Å². The maximum absolute atomic E-state index is 12.9. The largest absolute Gasteiger partial charge is 0.451 e. The van der Waals surface area contributed by atoms with Crippen LogP contribution in [-0.2, 0) is 19.1 Å². The van der Waals surface area contributed by atoms with Gasteiger partial charge in [-0.3, -0.25) is 19.3 Å². The van der Waals surface area contributed by atoms with Crippen LogP contribution >= 0.6 is 11.6 Å². The Labute approximate surface area is 174 Å². The fraction of sp³-hybridized carbons (Fsp3) is 0.500. The monoisotopic (exact) mass is 421 g/mol. The quantitative estimate of drug-likeness (QED) is 0.582. The number of nitrogens with one attached hydrogen (secondary N) is 1. The number of urea groups is 1. The summed E-state index contributed by atoms with van der Waals surface area (Å²) in [6, 6.07) is 6.16. The third kappa shape index (κ3) is 4.07. The molecule has 3 rings (SSSR count). The zero-order valence-electron chi connectivity index (χ0n) is 16.4. The van der Waals surface area contributed by atoms with Crippen molar-refractivity contribution < 1.29 is 23.9 Å².